The monoisotopic (exact) mass is 363 g/mol. The molecule has 0 aliphatic rings. The third-order valence-corrected chi connectivity index (χ3v) is 19.1. The van der Waals surface area contributed by atoms with E-state index >= 15 is 0 Å². The van der Waals surface area contributed by atoms with Gasteiger partial charge in [-0.15, -0.1) is 0 Å². The van der Waals surface area contributed by atoms with Gasteiger partial charge in [0.05, 0.1) is 0 Å². The van der Waals surface area contributed by atoms with Crippen LogP contribution in [0.4, 0.5) is 0 Å². The Kier molecular flexibility index (Phi) is 16.3. The zero-order valence-corrected chi connectivity index (χ0v) is 14.0. The molecule has 0 N–H and O–H groups in total. The number of hydrogen-bond acceptors (Lipinski definition) is 1. The molecule has 0 unspecified atom stereocenters. The second-order valence-corrected chi connectivity index (χ2v) is 17.4. The molecule has 1 radical (unpaired) electrons. The van der Waals surface area contributed by atoms with Gasteiger partial charge in [0.2, 0.25) is 0 Å². The summed E-state index contributed by atoms with van der Waals surface area (Å²) in [4.78, 5) is 0. The van der Waals surface area contributed by atoms with Crippen LogP contribution in [-0.2, 0) is 101 Å². The summed E-state index contributed by atoms with van der Waals surface area (Å²) in [5, 5.41) is 0. The normalized spacial score (nSPS) is 6.92. The fraction of sp³-hybridized carbons (Fsp3) is 0. The van der Waals surface area contributed by atoms with Crippen LogP contribution in [0.2, 0.25) is 0 Å². The molecule has 0 aromatic carbocycles. The topological polar surface area (TPSA) is 0 Å². The minimum atomic E-state index is 1.28. The van der Waals surface area contributed by atoms with Gasteiger partial charge in [-0.3, -0.25) is 0 Å². The molecule has 0 rings (SSSR count). The number of hydrogen-bond donors (Lipinski definition) is 0. The van der Waals surface area contributed by atoms with Crippen molar-refractivity contribution in [2.24, 2.45) is 0 Å². The zero-order chi connectivity index (χ0) is 9.07. The van der Waals surface area contributed by atoms with Gasteiger partial charge in [0.25, 0.3) is 0 Å². The van der Waals surface area contributed by atoms with Crippen LogP contribution in [0.15, 0.2) is 0 Å². The molecule has 0 saturated heterocycles. The molecular weight excluding hydrogens is 364 g/mol. The fourth-order valence-corrected chi connectivity index (χ4v) is 20.6. The molecule has 0 saturated carbocycles. The second kappa shape index (κ2) is 13.5. The third-order valence-electron chi connectivity index (χ3n) is 0.262. The molecule has 12 heavy (non-hydrogen) atoms. The van der Waals surface area contributed by atoms with E-state index in [1.165, 1.54) is 18.6 Å². The molecule has 69 valence electrons. The Morgan fingerprint density at radius 2 is 1.08 bits per heavy atom. The van der Waals surface area contributed by atoms with E-state index in [1.807, 2.05) is 0 Å². The molecule has 0 amide bonds. The molecule has 0 heterocycles. The van der Waals surface area contributed by atoms with Crippen LogP contribution in [0.3, 0.4) is 0 Å². The van der Waals surface area contributed by atoms with E-state index in [2.05, 4.69) is 11.2 Å². The van der Waals surface area contributed by atoms with Crippen molar-refractivity contribution < 1.29 is 0 Å². The first-order chi connectivity index (χ1) is 5.91. The van der Waals surface area contributed by atoms with Crippen molar-refractivity contribution in [2.75, 3.05) is 0 Å². The van der Waals surface area contributed by atoms with E-state index in [0.717, 1.165) is 0 Å². The maximum absolute atomic E-state index is 5.21. The predicted molar refractivity (Wildman–Crippen MR) is 86.8 cm³/mol. The average Bonchev–Trinajstić information content (AvgIpc) is 2.10. The quantitative estimate of drug-likeness (QED) is 0.528. The Labute approximate surface area is 106 Å². The van der Waals surface area contributed by atoms with Crippen LogP contribution in [0.25, 0.3) is 0 Å². The summed E-state index contributed by atoms with van der Waals surface area (Å²) in [5.74, 6) is 0. The molecule has 0 aliphatic carbocycles. The summed E-state index contributed by atoms with van der Waals surface area (Å²) in [6.07, 6.45) is 0. The first-order valence-corrected chi connectivity index (χ1v) is 15.7. The van der Waals surface area contributed by atoms with Crippen molar-refractivity contribution in [2.45, 2.75) is 0 Å². The molecule has 0 nitrogen and oxygen atoms in total. The Morgan fingerprint density at radius 3 is 1.50 bits per heavy atom. The third kappa shape index (κ3) is 12.5. The van der Waals surface area contributed by atoms with Gasteiger partial charge in [-0.05, 0) is 0 Å². The Hall–Kier alpha value is 2.48. The molecule has 0 aromatic heterocycles. The molecule has 12 heteroatoms. The van der Waals surface area contributed by atoms with Gasteiger partial charge in [0, 0.05) is 0 Å². The summed E-state index contributed by atoms with van der Waals surface area (Å²) in [5.41, 5.74) is 0. The van der Waals surface area contributed by atoms with Crippen LogP contribution >= 0.6 is 0 Å². The van der Waals surface area contributed by atoms with E-state index in [-0.39, 0.29) is 0 Å². The molecule has 0 bridgehead atoms. The average molecular weight is 364 g/mol. The molecule has 0 atom stereocenters. The minimum absolute atomic E-state index is 1.28. The van der Waals surface area contributed by atoms with Crippen molar-refractivity contribution in [3.8, 4) is 0 Å². The summed E-state index contributed by atoms with van der Waals surface area (Å²) < 4.78 is 0. The van der Waals surface area contributed by atoms with Gasteiger partial charge in [-0.25, -0.2) is 0 Å². The summed E-state index contributed by atoms with van der Waals surface area (Å²) in [6.45, 7) is 5.21. The molecule has 0 spiro atoms. The van der Waals surface area contributed by atoms with E-state index < -0.39 is 0 Å². The van der Waals surface area contributed by atoms with Crippen LogP contribution in [-0.4, -0.2) is 6.72 Å². The summed E-state index contributed by atoms with van der Waals surface area (Å²) >= 11 is 4.69. The van der Waals surface area contributed by atoms with Crippen molar-refractivity contribution >= 4 is 108 Å². The van der Waals surface area contributed by atoms with Crippen LogP contribution in [0.1, 0.15) is 0 Å². The van der Waals surface area contributed by atoms with E-state index in [1.54, 1.807) is 71.0 Å². The van der Waals surface area contributed by atoms with Gasteiger partial charge in [-0.1, -0.05) is 0 Å². The molecule has 0 aromatic rings. The van der Waals surface area contributed by atoms with Gasteiger partial charge < -0.3 is 0 Å². The van der Waals surface area contributed by atoms with Crippen molar-refractivity contribution in [3.63, 3.8) is 0 Å². The maximum atomic E-state index is 5.21. The van der Waals surface area contributed by atoms with Gasteiger partial charge >= 0.3 is 108 Å². The second-order valence-electron chi connectivity index (χ2n) is 0.709. The molecule has 0 aliphatic heterocycles. The predicted octanol–water partition coefficient (Wildman–Crippen LogP) is -0.407. The van der Waals surface area contributed by atoms with Gasteiger partial charge in [0.15, 0.2) is 0 Å². The zero-order valence-electron chi connectivity index (χ0n) is 5.07. The van der Waals surface area contributed by atoms with Gasteiger partial charge in [-0.2, -0.15) is 0 Å². The number of rotatable bonds is 0. The van der Waals surface area contributed by atoms with Crippen molar-refractivity contribution in [3.05, 3.63) is 0 Å². The van der Waals surface area contributed by atoms with Crippen molar-refractivity contribution in [1.29, 1.82) is 0 Å². The Balaban J connectivity index is 5.45. The van der Waals surface area contributed by atoms with Crippen LogP contribution < -0.4 is 0 Å². The molecular formula is BS11. The van der Waals surface area contributed by atoms with Gasteiger partial charge in [0.1, 0.15) is 0 Å². The SMILES string of the molecule is [B]=S=S=S=S=S=S=S=S=S=S=S. The first-order valence-electron chi connectivity index (χ1n) is 1.90. The van der Waals surface area contributed by atoms with Crippen molar-refractivity contribution in [1.82, 2.24) is 0 Å². The van der Waals surface area contributed by atoms with E-state index in [9.17, 15) is 0 Å². The summed E-state index contributed by atoms with van der Waals surface area (Å²) in [7, 11) is 16.1. The summed E-state index contributed by atoms with van der Waals surface area (Å²) in [6, 6.07) is 0. The van der Waals surface area contributed by atoms with E-state index in [0.29, 0.717) is 0 Å². The van der Waals surface area contributed by atoms with Crippen LogP contribution in [0, 0.1) is 0 Å². The Bertz CT molecular complexity index is 454. The van der Waals surface area contributed by atoms with Crippen LogP contribution in [0.5, 0.6) is 0 Å². The molecule has 0 fully saturated rings. The van der Waals surface area contributed by atoms with E-state index in [4.69, 9.17) is 6.72 Å². The Morgan fingerprint density at radius 1 is 0.667 bits per heavy atom. The first kappa shape index (κ1) is 14.5. The fourth-order valence-electron chi connectivity index (χ4n) is 0.0954. The standard InChI is InChI=1S/BS11/c1-3-5-7-9-11-12-10-8-6-4-2.